The Hall–Kier alpha value is -2.61. The molecule has 13 heteroatoms. The molecule has 1 aliphatic heterocycles. The molecule has 2 heterocycles. The first-order valence-electron chi connectivity index (χ1n) is 10.3. The number of halogens is 3. The van der Waals surface area contributed by atoms with E-state index in [2.05, 4.69) is 14.3 Å². The summed E-state index contributed by atoms with van der Waals surface area (Å²) >= 11 is 0. The Morgan fingerprint density at radius 3 is 2.47 bits per heavy atom. The van der Waals surface area contributed by atoms with Crippen molar-refractivity contribution in [2.24, 2.45) is 10.1 Å². The van der Waals surface area contributed by atoms with Crippen LogP contribution in [0.15, 0.2) is 41.0 Å². The van der Waals surface area contributed by atoms with Gasteiger partial charge < -0.3 is 20.7 Å². The first kappa shape index (κ1) is 26.0. The van der Waals surface area contributed by atoms with Gasteiger partial charge in [0.1, 0.15) is 5.75 Å². The SMILES string of the molecule is CC(C)(O)c1cccc(Oc2cnc(C(O)(CCS3(=O)=NC(=O)[C@@H](N)CC3)C(F)(F)F)cn2)c1. The summed E-state index contributed by atoms with van der Waals surface area (Å²) in [6.45, 7) is 3.16. The van der Waals surface area contributed by atoms with Crippen LogP contribution < -0.4 is 10.5 Å². The number of nitrogens with zero attached hydrogens (tertiary/aromatic N) is 3. The molecule has 0 aliphatic carbocycles. The van der Waals surface area contributed by atoms with Gasteiger partial charge >= 0.3 is 6.18 Å². The van der Waals surface area contributed by atoms with E-state index in [0.717, 1.165) is 6.20 Å². The highest BCUT2D eigenvalue weighted by molar-refractivity contribution is 7.93. The first-order valence-corrected chi connectivity index (χ1v) is 12.1. The molecule has 2 unspecified atom stereocenters. The van der Waals surface area contributed by atoms with Crippen molar-refractivity contribution in [1.29, 1.82) is 0 Å². The van der Waals surface area contributed by atoms with Crippen LogP contribution in [0.1, 0.15) is 37.9 Å². The number of rotatable bonds is 7. The molecular formula is C21H25F3N4O5S. The van der Waals surface area contributed by atoms with Gasteiger partial charge in [-0.1, -0.05) is 12.1 Å². The van der Waals surface area contributed by atoms with E-state index < -0.39 is 56.9 Å². The molecule has 1 amide bonds. The van der Waals surface area contributed by atoms with Crippen LogP contribution in [0.2, 0.25) is 0 Å². The largest absolute Gasteiger partial charge is 0.437 e. The van der Waals surface area contributed by atoms with Crippen molar-refractivity contribution in [1.82, 2.24) is 9.97 Å². The van der Waals surface area contributed by atoms with Gasteiger partial charge in [0.2, 0.25) is 11.5 Å². The maximum Gasteiger partial charge on any atom is 0.423 e. The van der Waals surface area contributed by atoms with Crippen molar-refractivity contribution in [3.63, 3.8) is 0 Å². The summed E-state index contributed by atoms with van der Waals surface area (Å²) in [4.78, 5) is 19.1. The molecule has 0 spiro atoms. The zero-order valence-electron chi connectivity index (χ0n) is 18.5. The monoisotopic (exact) mass is 502 g/mol. The van der Waals surface area contributed by atoms with Gasteiger partial charge in [0.25, 0.3) is 5.91 Å². The Bertz CT molecular complexity index is 1170. The van der Waals surface area contributed by atoms with E-state index in [1.807, 2.05) is 0 Å². The Kier molecular flexibility index (Phi) is 7.04. The average Bonchev–Trinajstić information content (AvgIpc) is 2.74. The molecule has 3 atom stereocenters. The van der Waals surface area contributed by atoms with E-state index in [1.54, 1.807) is 38.1 Å². The summed E-state index contributed by atoms with van der Waals surface area (Å²) in [6.07, 6.45) is -4.54. The minimum absolute atomic E-state index is 0.0338. The van der Waals surface area contributed by atoms with Gasteiger partial charge in [-0.25, -0.2) is 9.19 Å². The molecule has 1 aromatic heterocycles. The van der Waals surface area contributed by atoms with Crippen molar-refractivity contribution < 1.29 is 37.1 Å². The van der Waals surface area contributed by atoms with E-state index in [-0.39, 0.29) is 23.8 Å². The number of benzene rings is 1. The molecule has 34 heavy (non-hydrogen) atoms. The fourth-order valence-electron chi connectivity index (χ4n) is 3.23. The smallest absolute Gasteiger partial charge is 0.423 e. The van der Waals surface area contributed by atoms with Crippen LogP contribution >= 0.6 is 0 Å². The fourth-order valence-corrected chi connectivity index (χ4v) is 5.31. The predicted octanol–water partition coefficient (Wildman–Crippen LogP) is 2.36. The van der Waals surface area contributed by atoms with E-state index in [9.17, 15) is 32.4 Å². The van der Waals surface area contributed by atoms with E-state index >= 15 is 0 Å². The molecule has 1 aromatic carbocycles. The molecule has 0 radical (unpaired) electrons. The van der Waals surface area contributed by atoms with Crippen molar-refractivity contribution in [3.05, 3.63) is 47.9 Å². The lowest BCUT2D eigenvalue weighted by molar-refractivity contribution is -0.269. The van der Waals surface area contributed by atoms with Crippen LogP contribution in [0.25, 0.3) is 0 Å². The molecule has 2 aromatic rings. The first-order chi connectivity index (χ1) is 15.6. The van der Waals surface area contributed by atoms with Crippen LogP contribution in [-0.4, -0.2) is 54.0 Å². The maximum absolute atomic E-state index is 13.8. The van der Waals surface area contributed by atoms with Gasteiger partial charge in [0.15, 0.2) is 0 Å². The number of nitrogens with two attached hydrogens (primary N) is 1. The Balaban J connectivity index is 1.82. The zero-order valence-corrected chi connectivity index (χ0v) is 19.3. The van der Waals surface area contributed by atoms with Gasteiger partial charge in [0, 0.05) is 17.9 Å². The van der Waals surface area contributed by atoms with Crippen LogP contribution in [0.4, 0.5) is 13.2 Å². The number of hydrogen-bond donors (Lipinski definition) is 3. The number of aromatic nitrogens is 2. The van der Waals surface area contributed by atoms with Gasteiger partial charge in [-0.05, 0) is 38.0 Å². The summed E-state index contributed by atoms with van der Waals surface area (Å²) in [6, 6.07) is 5.48. The maximum atomic E-state index is 13.8. The van der Waals surface area contributed by atoms with E-state index in [1.165, 1.54) is 0 Å². The lowest BCUT2D eigenvalue weighted by Crippen LogP contribution is -2.45. The zero-order chi connectivity index (χ0) is 25.4. The second kappa shape index (κ2) is 9.21. The van der Waals surface area contributed by atoms with Crippen molar-refractivity contribution in [3.8, 4) is 11.6 Å². The second-order valence-corrected chi connectivity index (χ2v) is 11.1. The van der Waals surface area contributed by atoms with Gasteiger partial charge in [-0.2, -0.15) is 17.5 Å². The van der Waals surface area contributed by atoms with Gasteiger partial charge in [-0.15, -0.1) is 0 Å². The Morgan fingerprint density at radius 2 is 1.91 bits per heavy atom. The highest BCUT2D eigenvalue weighted by Crippen LogP contribution is 2.41. The number of aliphatic hydroxyl groups is 2. The lowest BCUT2D eigenvalue weighted by atomic mass is 9.96. The normalized spacial score (nSPS) is 23.2. The average molecular weight is 503 g/mol. The fraction of sp³-hybridized carbons (Fsp3) is 0.476. The van der Waals surface area contributed by atoms with Crippen LogP contribution in [0.5, 0.6) is 11.6 Å². The summed E-state index contributed by atoms with van der Waals surface area (Å²) < 4.78 is 63.2. The molecule has 3 rings (SSSR count). The summed E-state index contributed by atoms with van der Waals surface area (Å²) in [5.74, 6) is -1.52. The highest BCUT2D eigenvalue weighted by Gasteiger charge is 2.56. The topological polar surface area (TPSA) is 148 Å². The minimum atomic E-state index is -5.17. The van der Waals surface area contributed by atoms with Gasteiger partial charge in [-0.3, -0.25) is 9.78 Å². The van der Waals surface area contributed by atoms with Crippen molar-refractivity contribution in [2.75, 3.05) is 11.5 Å². The minimum Gasteiger partial charge on any atom is -0.437 e. The van der Waals surface area contributed by atoms with Crippen LogP contribution in [-0.2, 0) is 25.7 Å². The third-order valence-corrected chi connectivity index (χ3v) is 7.62. The summed E-state index contributed by atoms with van der Waals surface area (Å²) in [5.41, 5.74) is 0.614. The number of ether oxygens (including phenoxy) is 1. The summed E-state index contributed by atoms with van der Waals surface area (Å²) in [5, 5.41) is 20.6. The predicted molar refractivity (Wildman–Crippen MR) is 116 cm³/mol. The van der Waals surface area contributed by atoms with Crippen molar-refractivity contribution >= 4 is 15.6 Å². The number of carbonyl (C=O) groups excluding carboxylic acids is 1. The molecule has 4 N–H and O–H groups in total. The van der Waals surface area contributed by atoms with Crippen LogP contribution in [0.3, 0.4) is 0 Å². The molecule has 1 aliphatic rings. The number of alkyl halides is 3. The number of carbonyl (C=O) groups is 1. The van der Waals surface area contributed by atoms with E-state index in [4.69, 9.17) is 10.5 Å². The molecule has 186 valence electrons. The quantitative estimate of drug-likeness (QED) is 0.523. The molecule has 0 bridgehead atoms. The lowest BCUT2D eigenvalue weighted by Gasteiger charge is -2.30. The summed E-state index contributed by atoms with van der Waals surface area (Å²) in [7, 11) is -3.30. The Labute approximate surface area is 194 Å². The third kappa shape index (κ3) is 5.71. The number of hydrogen-bond acceptors (Lipinski definition) is 8. The molecule has 0 fully saturated rings. The number of amides is 1. The Morgan fingerprint density at radius 1 is 1.21 bits per heavy atom. The molecule has 9 nitrogen and oxygen atoms in total. The third-order valence-electron chi connectivity index (χ3n) is 5.39. The molecule has 0 saturated carbocycles. The van der Waals surface area contributed by atoms with Gasteiger partial charge in [0.05, 0.1) is 39.5 Å². The van der Waals surface area contributed by atoms with E-state index in [0.29, 0.717) is 11.8 Å². The van der Waals surface area contributed by atoms with Crippen LogP contribution in [0, 0.1) is 0 Å². The molecule has 0 saturated heterocycles. The van der Waals surface area contributed by atoms with Crippen molar-refractivity contribution in [2.45, 2.75) is 50.1 Å². The highest BCUT2D eigenvalue weighted by atomic mass is 32.2. The second-order valence-electron chi connectivity index (χ2n) is 8.54. The standard InChI is InChI=1S/C21H25F3N4O5S/c1-19(2,30)13-4-3-5-14(10-13)33-17-12-26-16(11-27-17)20(31,21(22,23)24)7-9-34(32)8-6-15(25)18(29)28-34/h3-5,10-12,15,30-31H,6-9,25H2,1-2H3/t15-,20?,34?/m0/s1. The molecular weight excluding hydrogens is 477 g/mol.